The molecule has 202 valence electrons. The van der Waals surface area contributed by atoms with Crippen LogP contribution in [0.5, 0.6) is 0 Å². The molecule has 38 heavy (non-hydrogen) atoms. The lowest BCUT2D eigenvalue weighted by Gasteiger charge is -2.34. The van der Waals surface area contributed by atoms with Crippen LogP contribution in [0.25, 0.3) is 16.6 Å². The number of carbonyl (C=O) groups excluding carboxylic acids is 2. The highest BCUT2D eigenvalue weighted by molar-refractivity contribution is 7.99. The van der Waals surface area contributed by atoms with Gasteiger partial charge in [0.25, 0.3) is 5.56 Å². The van der Waals surface area contributed by atoms with Gasteiger partial charge >= 0.3 is 6.18 Å². The summed E-state index contributed by atoms with van der Waals surface area (Å²) in [4.78, 5) is 45.3. The second-order valence-electron chi connectivity index (χ2n) is 9.15. The van der Waals surface area contributed by atoms with Gasteiger partial charge in [0, 0.05) is 45.3 Å². The molecule has 2 heterocycles. The number of halogens is 3. The molecule has 1 saturated heterocycles. The summed E-state index contributed by atoms with van der Waals surface area (Å²) in [7, 11) is 0. The number of alkyl halides is 3. The molecular formula is C27H29F3N4O3S. The molecule has 0 saturated carbocycles. The summed E-state index contributed by atoms with van der Waals surface area (Å²) in [5, 5.41) is 0.657. The number of unbranched alkanes of at least 4 members (excludes halogenated alkanes) is 2. The first-order chi connectivity index (χ1) is 18.1. The van der Waals surface area contributed by atoms with Crippen molar-refractivity contribution in [3.63, 3.8) is 0 Å². The van der Waals surface area contributed by atoms with Crippen molar-refractivity contribution in [1.82, 2.24) is 19.4 Å². The van der Waals surface area contributed by atoms with Crippen LogP contribution in [-0.2, 0) is 15.8 Å². The van der Waals surface area contributed by atoms with Gasteiger partial charge in [-0.3, -0.25) is 19.0 Å². The summed E-state index contributed by atoms with van der Waals surface area (Å²) in [5.74, 6) is 0.694. The summed E-state index contributed by atoms with van der Waals surface area (Å²) in [6.45, 7) is 3.75. The number of thioether (sulfide) groups is 1. The molecule has 4 rings (SSSR count). The van der Waals surface area contributed by atoms with Crippen LogP contribution in [0.3, 0.4) is 0 Å². The van der Waals surface area contributed by atoms with Crippen LogP contribution in [0, 0.1) is 0 Å². The van der Waals surface area contributed by atoms with Gasteiger partial charge in [-0.1, -0.05) is 36.4 Å². The third-order valence-electron chi connectivity index (χ3n) is 6.52. The van der Waals surface area contributed by atoms with Crippen LogP contribution < -0.4 is 5.56 Å². The number of benzene rings is 2. The topological polar surface area (TPSA) is 75.5 Å². The summed E-state index contributed by atoms with van der Waals surface area (Å²) >= 11 is 1.31. The van der Waals surface area contributed by atoms with Gasteiger partial charge in [0.1, 0.15) is 0 Å². The second-order valence-corrected chi connectivity index (χ2v) is 10.2. The van der Waals surface area contributed by atoms with E-state index < -0.39 is 17.3 Å². The first kappa shape index (κ1) is 27.7. The highest BCUT2D eigenvalue weighted by Crippen LogP contribution is 2.31. The number of piperazine rings is 1. The molecule has 0 unspecified atom stereocenters. The van der Waals surface area contributed by atoms with Gasteiger partial charge in [0.2, 0.25) is 11.8 Å². The molecule has 2 amide bonds. The Labute approximate surface area is 222 Å². The van der Waals surface area contributed by atoms with E-state index in [1.807, 2.05) is 0 Å². The van der Waals surface area contributed by atoms with Gasteiger partial charge in [-0.05, 0) is 43.2 Å². The van der Waals surface area contributed by atoms with E-state index in [1.165, 1.54) is 35.4 Å². The number of hydrogen-bond donors (Lipinski definition) is 0. The fraction of sp³-hybridized carbons (Fsp3) is 0.407. The fourth-order valence-electron chi connectivity index (χ4n) is 4.41. The number of amides is 2. The fourth-order valence-corrected chi connectivity index (χ4v) is 5.42. The average Bonchev–Trinajstić information content (AvgIpc) is 2.90. The molecule has 7 nitrogen and oxygen atoms in total. The SMILES string of the molecule is CC(=O)N1CCN(C(=O)CCCCCSc2nc3ccccc3c(=O)n2-c2cccc(C(F)(F)F)c2)CC1. The molecule has 1 fully saturated rings. The Balaban J connectivity index is 1.39. The first-order valence-corrected chi connectivity index (χ1v) is 13.5. The Morgan fingerprint density at radius 3 is 2.37 bits per heavy atom. The second kappa shape index (κ2) is 12.0. The Bertz CT molecular complexity index is 1370. The molecule has 0 atom stereocenters. The standard InChI is InChI=1S/C27H29F3N4O3S/c1-19(35)32-13-15-33(16-14-32)24(36)12-3-2-6-17-38-26-31-23-11-5-4-10-22(23)25(37)34(26)21-9-7-8-20(18-21)27(28,29)30/h4-5,7-11,18H,2-3,6,12-17H2,1H3. The van der Waals surface area contributed by atoms with Gasteiger partial charge in [0.15, 0.2) is 5.16 Å². The number of carbonyl (C=O) groups is 2. The van der Waals surface area contributed by atoms with E-state index in [-0.39, 0.29) is 17.5 Å². The van der Waals surface area contributed by atoms with Gasteiger partial charge in [-0.25, -0.2) is 4.98 Å². The lowest BCUT2D eigenvalue weighted by molar-refractivity contribution is -0.138. The number of rotatable bonds is 8. The van der Waals surface area contributed by atoms with Crippen molar-refractivity contribution in [3.05, 3.63) is 64.4 Å². The predicted octanol–water partition coefficient (Wildman–Crippen LogP) is 4.75. The molecule has 11 heteroatoms. The first-order valence-electron chi connectivity index (χ1n) is 12.5. The molecule has 0 N–H and O–H groups in total. The Hall–Kier alpha value is -3.34. The zero-order valence-corrected chi connectivity index (χ0v) is 21.9. The quantitative estimate of drug-likeness (QED) is 0.232. The van der Waals surface area contributed by atoms with Crippen LogP contribution in [0.1, 0.15) is 38.2 Å². The number of hydrogen-bond acceptors (Lipinski definition) is 5. The van der Waals surface area contributed by atoms with Crippen LogP contribution in [0.15, 0.2) is 58.5 Å². The van der Waals surface area contributed by atoms with Crippen molar-refractivity contribution in [2.45, 2.75) is 43.9 Å². The molecular weight excluding hydrogens is 517 g/mol. The minimum absolute atomic E-state index is 0.0222. The van der Waals surface area contributed by atoms with E-state index in [1.54, 1.807) is 34.1 Å². The third-order valence-corrected chi connectivity index (χ3v) is 7.55. The summed E-state index contributed by atoms with van der Waals surface area (Å²) in [6.07, 6.45) is -1.86. The summed E-state index contributed by atoms with van der Waals surface area (Å²) in [5.41, 5.74) is -0.661. The number of nitrogens with zero attached hydrogens (tertiary/aromatic N) is 4. The van der Waals surface area contributed by atoms with Gasteiger partial charge in [-0.2, -0.15) is 13.2 Å². The maximum Gasteiger partial charge on any atom is 0.416 e. The van der Waals surface area contributed by atoms with Gasteiger partial charge in [-0.15, -0.1) is 0 Å². The van der Waals surface area contributed by atoms with Crippen LogP contribution in [0.2, 0.25) is 0 Å². The van der Waals surface area contributed by atoms with Crippen molar-refractivity contribution >= 4 is 34.5 Å². The molecule has 2 aromatic carbocycles. The maximum atomic E-state index is 13.3. The number of fused-ring (bicyclic) bond motifs is 1. The molecule has 1 aromatic heterocycles. The number of para-hydroxylation sites is 1. The monoisotopic (exact) mass is 546 g/mol. The van der Waals surface area contributed by atoms with E-state index in [9.17, 15) is 27.6 Å². The molecule has 1 aliphatic heterocycles. The minimum Gasteiger partial charge on any atom is -0.339 e. The molecule has 3 aromatic rings. The zero-order chi connectivity index (χ0) is 27.3. The molecule has 0 bridgehead atoms. The van der Waals surface area contributed by atoms with E-state index in [0.29, 0.717) is 60.8 Å². The smallest absolute Gasteiger partial charge is 0.339 e. The Kier molecular flexibility index (Phi) is 8.76. The minimum atomic E-state index is -4.53. The molecule has 1 aliphatic rings. The van der Waals surface area contributed by atoms with Crippen LogP contribution in [-0.4, -0.2) is 63.1 Å². The predicted molar refractivity (Wildman–Crippen MR) is 140 cm³/mol. The van der Waals surface area contributed by atoms with Gasteiger partial charge < -0.3 is 9.80 Å². The maximum absolute atomic E-state index is 13.3. The van der Waals surface area contributed by atoms with Crippen molar-refractivity contribution in [3.8, 4) is 5.69 Å². The number of aromatic nitrogens is 2. The van der Waals surface area contributed by atoms with Crippen LogP contribution >= 0.6 is 11.8 Å². The van der Waals surface area contributed by atoms with Crippen molar-refractivity contribution < 1.29 is 22.8 Å². The van der Waals surface area contributed by atoms with E-state index in [4.69, 9.17) is 0 Å². The van der Waals surface area contributed by atoms with E-state index in [0.717, 1.165) is 25.0 Å². The Morgan fingerprint density at radius 2 is 1.66 bits per heavy atom. The van der Waals surface area contributed by atoms with E-state index >= 15 is 0 Å². The highest BCUT2D eigenvalue weighted by atomic mass is 32.2. The van der Waals surface area contributed by atoms with Gasteiger partial charge in [0.05, 0.1) is 22.2 Å². The van der Waals surface area contributed by atoms with Crippen molar-refractivity contribution in [2.24, 2.45) is 0 Å². The molecule has 0 radical (unpaired) electrons. The molecule has 0 aliphatic carbocycles. The van der Waals surface area contributed by atoms with Crippen molar-refractivity contribution in [2.75, 3.05) is 31.9 Å². The lowest BCUT2D eigenvalue weighted by atomic mass is 10.2. The normalized spacial score (nSPS) is 14.2. The lowest BCUT2D eigenvalue weighted by Crippen LogP contribution is -2.50. The summed E-state index contributed by atoms with van der Waals surface area (Å²) < 4.78 is 41.2. The highest BCUT2D eigenvalue weighted by Gasteiger charge is 2.31. The summed E-state index contributed by atoms with van der Waals surface area (Å²) in [6, 6.07) is 11.5. The van der Waals surface area contributed by atoms with Crippen molar-refractivity contribution in [1.29, 1.82) is 0 Å². The average molecular weight is 547 g/mol. The largest absolute Gasteiger partial charge is 0.416 e. The molecule has 0 spiro atoms. The van der Waals surface area contributed by atoms with Crippen LogP contribution in [0.4, 0.5) is 13.2 Å². The van der Waals surface area contributed by atoms with E-state index in [2.05, 4.69) is 4.98 Å². The zero-order valence-electron chi connectivity index (χ0n) is 21.0. The Morgan fingerprint density at radius 1 is 0.947 bits per heavy atom. The third kappa shape index (κ3) is 6.56.